The van der Waals surface area contributed by atoms with Gasteiger partial charge in [0.05, 0.1) is 32.5 Å². The summed E-state index contributed by atoms with van der Waals surface area (Å²) in [6, 6.07) is 66.7. The highest BCUT2D eigenvalue weighted by molar-refractivity contribution is 7.26. The normalized spacial score (nSPS) is 11.8. The number of thiophene rings is 1. The van der Waals surface area contributed by atoms with Crippen molar-refractivity contribution in [1.29, 1.82) is 0 Å². The molecule has 0 saturated carbocycles. The van der Waals surface area contributed by atoms with Crippen molar-refractivity contribution < 1.29 is 4.42 Å². The van der Waals surface area contributed by atoms with E-state index in [2.05, 4.69) is 138 Å². The second-order valence-electron chi connectivity index (χ2n) is 15.6. The highest BCUT2D eigenvalue weighted by atomic mass is 32.1. The molecular formula is C55H32N6OS. The second kappa shape index (κ2) is 14.1. The largest absolute Gasteiger partial charge is 0.455 e. The summed E-state index contributed by atoms with van der Waals surface area (Å²) in [6.07, 6.45) is 0. The van der Waals surface area contributed by atoms with Crippen LogP contribution in [0.1, 0.15) is 0 Å². The van der Waals surface area contributed by atoms with Gasteiger partial charge < -0.3 is 8.98 Å². The van der Waals surface area contributed by atoms with Gasteiger partial charge in [-0.2, -0.15) is 0 Å². The SMILES string of the molecule is c1ccc(-c2nc(-c3ccc(-n4c5ccccc5c5ccccc54)cc3)nc(-c3cccc4c3oc3cccc(-c5nc(-c6ccccc6)c6sc7ccccc7c6n5)c34)n2)cc1. The van der Waals surface area contributed by atoms with Crippen LogP contribution in [0.5, 0.6) is 0 Å². The van der Waals surface area contributed by atoms with Crippen molar-refractivity contribution in [3.05, 3.63) is 194 Å². The van der Waals surface area contributed by atoms with Gasteiger partial charge >= 0.3 is 0 Å². The molecule has 0 N–H and O–H groups in total. The molecule has 7 nitrogen and oxygen atoms in total. The monoisotopic (exact) mass is 824 g/mol. The van der Waals surface area contributed by atoms with E-state index in [1.807, 2.05) is 60.7 Å². The van der Waals surface area contributed by atoms with Gasteiger partial charge in [0.15, 0.2) is 23.3 Å². The van der Waals surface area contributed by atoms with E-state index in [-0.39, 0.29) is 0 Å². The molecule has 13 rings (SSSR count). The predicted octanol–water partition coefficient (Wildman–Crippen LogP) is 14.4. The summed E-state index contributed by atoms with van der Waals surface area (Å²) < 4.78 is 11.4. The minimum absolute atomic E-state index is 0.519. The molecule has 294 valence electrons. The maximum Gasteiger partial charge on any atom is 0.167 e. The number of furan rings is 1. The number of benzene rings is 8. The topological polar surface area (TPSA) is 82.5 Å². The van der Waals surface area contributed by atoms with Gasteiger partial charge in [0.2, 0.25) is 0 Å². The van der Waals surface area contributed by atoms with Gasteiger partial charge in [-0.05, 0) is 54.6 Å². The van der Waals surface area contributed by atoms with E-state index in [4.69, 9.17) is 29.3 Å². The number of hydrogen-bond acceptors (Lipinski definition) is 7. The van der Waals surface area contributed by atoms with E-state index in [1.54, 1.807) is 11.3 Å². The molecule has 0 fully saturated rings. The molecule has 0 aliphatic carbocycles. The van der Waals surface area contributed by atoms with Crippen LogP contribution in [-0.2, 0) is 0 Å². The first-order valence-electron chi connectivity index (χ1n) is 20.8. The van der Waals surface area contributed by atoms with Crippen molar-refractivity contribution in [3.63, 3.8) is 0 Å². The van der Waals surface area contributed by atoms with E-state index in [1.165, 1.54) is 15.5 Å². The molecule has 0 radical (unpaired) electrons. The first-order chi connectivity index (χ1) is 31.2. The lowest BCUT2D eigenvalue weighted by atomic mass is 10.0. The summed E-state index contributed by atoms with van der Waals surface area (Å²) in [5.41, 5.74) is 11.1. The number of nitrogens with zero attached hydrogens (tertiary/aromatic N) is 6. The zero-order valence-corrected chi connectivity index (χ0v) is 34.3. The number of rotatable bonds is 6. The van der Waals surface area contributed by atoms with Crippen LogP contribution in [0.2, 0.25) is 0 Å². The van der Waals surface area contributed by atoms with Crippen LogP contribution < -0.4 is 0 Å². The molecule has 5 heterocycles. The molecule has 63 heavy (non-hydrogen) atoms. The van der Waals surface area contributed by atoms with E-state index in [9.17, 15) is 0 Å². The average Bonchev–Trinajstić information content (AvgIpc) is 4.04. The number of hydrogen-bond donors (Lipinski definition) is 0. The van der Waals surface area contributed by atoms with Crippen LogP contribution in [0.3, 0.4) is 0 Å². The third kappa shape index (κ3) is 5.69. The molecule has 0 saturated heterocycles. The number of para-hydroxylation sites is 3. The molecule has 0 spiro atoms. The summed E-state index contributed by atoms with van der Waals surface area (Å²) in [5.74, 6) is 2.31. The van der Waals surface area contributed by atoms with Crippen LogP contribution in [-0.4, -0.2) is 29.5 Å². The smallest absolute Gasteiger partial charge is 0.167 e. The number of aromatic nitrogens is 6. The summed E-state index contributed by atoms with van der Waals surface area (Å²) in [4.78, 5) is 26.0. The van der Waals surface area contributed by atoms with Crippen molar-refractivity contribution in [2.75, 3.05) is 0 Å². The van der Waals surface area contributed by atoms with Crippen molar-refractivity contribution >= 4 is 75.4 Å². The Morgan fingerprint density at radius 1 is 0.397 bits per heavy atom. The van der Waals surface area contributed by atoms with Crippen molar-refractivity contribution in [1.82, 2.24) is 29.5 Å². The summed E-state index contributed by atoms with van der Waals surface area (Å²) in [7, 11) is 0. The second-order valence-corrected chi connectivity index (χ2v) is 16.6. The molecule has 0 aliphatic rings. The van der Waals surface area contributed by atoms with Gasteiger partial charge in [-0.15, -0.1) is 11.3 Å². The Morgan fingerprint density at radius 3 is 1.68 bits per heavy atom. The lowest BCUT2D eigenvalue weighted by Crippen LogP contribution is -2.00. The zero-order valence-electron chi connectivity index (χ0n) is 33.5. The Kier molecular flexibility index (Phi) is 7.94. The highest BCUT2D eigenvalue weighted by Crippen LogP contribution is 2.43. The Hall–Kier alpha value is -8.33. The first kappa shape index (κ1) is 35.4. The van der Waals surface area contributed by atoms with Gasteiger partial charge in [-0.25, -0.2) is 24.9 Å². The third-order valence-electron chi connectivity index (χ3n) is 11.9. The standard InChI is InChI=1S/C55H32N6OS/c1-3-15-33(16-4-1)48-51-49(39-21-9-12-28-46(39)63-51)57-54(56-48)41-23-14-27-45-47(41)40-22-13-24-42(50(40)62-45)55-59-52(34-17-5-2-6-18-34)58-53(60-55)35-29-31-36(32-30-35)61-43-25-10-7-19-37(43)38-20-8-11-26-44(38)61/h1-32H. The molecule has 13 aromatic rings. The molecule has 5 aromatic heterocycles. The van der Waals surface area contributed by atoms with E-state index in [0.717, 1.165) is 82.2 Å². The Bertz CT molecular complexity index is 3860. The Balaban J connectivity index is 0.978. The maximum atomic E-state index is 6.82. The minimum Gasteiger partial charge on any atom is -0.455 e. The fourth-order valence-electron chi connectivity index (χ4n) is 9.02. The molecule has 0 aliphatic heterocycles. The van der Waals surface area contributed by atoms with Crippen LogP contribution in [0.15, 0.2) is 199 Å². The Labute approximate surface area is 364 Å². The molecule has 8 aromatic carbocycles. The third-order valence-corrected chi connectivity index (χ3v) is 13.1. The Morgan fingerprint density at radius 2 is 0.952 bits per heavy atom. The van der Waals surface area contributed by atoms with E-state index >= 15 is 0 Å². The summed E-state index contributed by atoms with van der Waals surface area (Å²) in [5, 5.41) is 5.43. The lowest BCUT2D eigenvalue weighted by molar-refractivity contribution is 0.669. The fraction of sp³-hybridized carbons (Fsp3) is 0. The van der Waals surface area contributed by atoms with E-state index < -0.39 is 0 Å². The first-order valence-corrected chi connectivity index (χ1v) is 21.7. The van der Waals surface area contributed by atoms with Crippen LogP contribution >= 0.6 is 11.3 Å². The predicted molar refractivity (Wildman–Crippen MR) is 257 cm³/mol. The van der Waals surface area contributed by atoms with Crippen LogP contribution in [0.25, 0.3) is 127 Å². The zero-order chi connectivity index (χ0) is 41.4. The lowest BCUT2D eigenvalue weighted by Gasteiger charge is -2.11. The maximum absolute atomic E-state index is 6.82. The van der Waals surface area contributed by atoms with Gasteiger partial charge in [0.25, 0.3) is 0 Å². The van der Waals surface area contributed by atoms with Gasteiger partial charge in [0, 0.05) is 59.6 Å². The molecule has 0 atom stereocenters. The molecule has 8 heteroatoms. The van der Waals surface area contributed by atoms with Crippen molar-refractivity contribution in [2.45, 2.75) is 0 Å². The minimum atomic E-state index is 0.519. The molecule has 0 bridgehead atoms. The quantitative estimate of drug-likeness (QED) is 0.166. The molecule has 0 amide bonds. The average molecular weight is 825 g/mol. The van der Waals surface area contributed by atoms with Gasteiger partial charge in [-0.1, -0.05) is 140 Å². The summed E-state index contributed by atoms with van der Waals surface area (Å²) >= 11 is 1.73. The fourth-order valence-corrected chi connectivity index (χ4v) is 10.2. The molecule has 0 unspecified atom stereocenters. The van der Waals surface area contributed by atoms with E-state index in [0.29, 0.717) is 28.9 Å². The van der Waals surface area contributed by atoms with Gasteiger partial charge in [-0.3, -0.25) is 0 Å². The number of fused-ring (bicyclic) bond motifs is 9. The van der Waals surface area contributed by atoms with Crippen molar-refractivity contribution in [3.8, 4) is 62.5 Å². The summed E-state index contributed by atoms with van der Waals surface area (Å²) in [6.45, 7) is 0. The van der Waals surface area contributed by atoms with Crippen LogP contribution in [0.4, 0.5) is 0 Å². The molecular weight excluding hydrogens is 793 g/mol. The van der Waals surface area contributed by atoms with Crippen LogP contribution in [0, 0.1) is 0 Å². The van der Waals surface area contributed by atoms with Crippen molar-refractivity contribution in [2.24, 2.45) is 0 Å². The highest BCUT2D eigenvalue weighted by Gasteiger charge is 2.23. The van der Waals surface area contributed by atoms with Gasteiger partial charge in [0.1, 0.15) is 11.2 Å².